The highest BCUT2D eigenvalue weighted by Gasteiger charge is 2.18. The fourth-order valence-corrected chi connectivity index (χ4v) is 4.83. The molecule has 0 bridgehead atoms. The third-order valence-electron chi connectivity index (χ3n) is 5.99. The quantitative estimate of drug-likeness (QED) is 0.550. The third-order valence-corrected chi connectivity index (χ3v) is 7.40. The van der Waals surface area contributed by atoms with Gasteiger partial charge < -0.3 is 14.2 Å². The molecule has 0 atom stereocenters. The topological polar surface area (TPSA) is 82.9 Å². The Morgan fingerprint density at radius 3 is 2.47 bits per heavy atom. The molecule has 0 saturated heterocycles. The van der Waals surface area contributed by atoms with Crippen molar-refractivity contribution >= 4 is 22.0 Å². The van der Waals surface area contributed by atoms with Crippen molar-refractivity contribution in [1.29, 1.82) is 0 Å². The van der Waals surface area contributed by atoms with Gasteiger partial charge in [-0.05, 0) is 55.8 Å². The molecule has 1 N–H and O–H groups in total. The standard InChI is InChI=1S/C24H33N3O4S/c1-26(21-7-4-3-5-8-21)16-17-27(2)24(28)15-12-20-10-13-23(14-11-20)32(29,30)25-19-22-9-6-18-31-22/h6,9-15,18,21,25H,3-5,7-8,16-17,19H2,1-2H3/b15-12+. The summed E-state index contributed by atoms with van der Waals surface area (Å²) in [5, 5.41) is 0. The average Bonchev–Trinajstić information content (AvgIpc) is 3.34. The van der Waals surface area contributed by atoms with Gasteiger partial charge in [-0.3, -0.25) is 4.79 Å². The highest BCUT2D eigenvalue weighted by molar-refractivity contribution is 7.89. The number of carbonyl (C=O) groups is 1. The number of hydrogen-bond donors (Lipinski definition) is 1. The second-order valence-electron chi connectivity index (χ2n) is 8.34. The molecule has 1 saturated carbocycles. The zero-order valence-corrected chi connectivity index (χ0v) is 19.7. The van der Waals surface area contributed by atoms with E-state index in [4.69, 9.17) is 4.42 Å². The summed E-state index contributed by atoms with van der Waals surface area (Å²) in [5.41, 5.74) is 0.760. The Kier molecular flexibility index (Phi) is 8.67. The first-order valence-electron chi connectivity index (χ1n) is 11.1. The van der Waals surface area contributed by atoms with E-state index in [1.807, 2.05) is 7.05 Å². The number of sulfonamides is 1. The Labute approximate surface area is 191 Å². The van der Waals surface area contributed by atoms with E-state index in [9.17, 15) is 13.2 Å². The van der Waals surface area contributed by atoms with E-state index in [2.05, 4.69) is 16.7 Å². The fourth-order valence-electron chi connectivity index (χ4n) is 3.84. The van der Waals surface area contributed by atoms with Crippen molar-refractivity contribution in [2.75, 3.05) is 27.2 Å². The third kappa shape index (κ3) is 7.05. The lowest BCUT2D eigenvalue weighted by atomic mass is 9.94. The van der Waals surface area contributed by atoms with Crippen LogP contribution in [0.5, 0.6) is 0 Å². The van der Waals surface area contributed by atoms with E-state index in [-0.39, 0.29) is 17.3 Å². The maximum atomic E-state index is 12.4. The minimum Gasteiger partial charge on any atom is -0.468 e. The van der Waals surface area contributed by atoms with Crippen molar-refractivity contribution in [2.45, 2.75) is 49.6 Å². The van der Waals surface area contributed by atoms with Gasteiger partial charge >= 0.3 is 0 Å². The van der Waals surface area contributed by atoms with Gasteiger partial charge in [-0.1, -0.05) is 31.4 Å². The largest absolute Gasteiger partial charge is 0.468 e. The lowest BCUT2D eigenvalue weighted by Gasteiger charge is -2.32. The summed E-state index contributed by atoms with van der Waals surface area (Å²) < 4.78 is 32.4. The van der Waals surface area contributed by atoms with Gasteiger partial charge in [0.2, 0.25) is 15.9 Å². The smallest absolute Gasteiger partial charge is 0.246 e. The number of benzene rings is 1. The zero-order valence-electron chi connectivity index (χ0n) is 18.9. The Morgan fingerprint density at radius 2 is 1.81 bits per heavy atom. The van der Waals surface area contributed by atoms with Crippen LogP contribution < -0.4 is 4.72 Å². The molecule has 1 amide bonds. The van der Waals surface area contributed by atoms with Crippen LogP contribution in [-0.4, -0.2) is 57.4 Å². The van der Waals surface area contributed by atoms with Crippen LogP contribution in [-0.2, 0) is 21.4 Å². The summed E-state index contributed by atoms with van der Waals surface area (Å²) in [7, 11) is 0.313. The van der Waals surface area contributed by atoms with E-state index in [1.54, 1.807) is 35.2 Å². The first-order chi connectivity index (χ1) is 15.3. The van der Waals surface area contributed by atoms with Gasteiger partial charge in [-0.2, -0.15) is 0 Å². The van der Waals surface area contributed by atoms with Gasteiger partial charge in [0, 0.05) is 32.3 Å². The summed E-state index contributed by atoms with van der Waals surface area (Å²) in [6.07, 6.45) is 11.2. The number of likely N-dealkylation sites (N-methyl/N-ethyl adjacent to an activating group) is 2. The molecule has 1 aliphatic carbocycles. The molecule has 0 aliphatic heterocycles. The summed E-state index contributed by atoms with van der Waals surface area (Å²) >= 11 is 0. The van der Waals surface area contributed by atoms with E-state index < -0.39 is 10.0 Å². The first-order valence-corrected chi connectivity index (χ1v) is 12.6. The van der Waals surface area contributed by atoms with Crippen molar-refractivity contribution in [1.82, 2.24) is 14.5 Å². The van der Waals surface area contributed by atoms with Crippen molar-refractivity contribution in [2.24, 2.45) is 0 Å². The van der Waals surface area contributed by atoms with E-state index in [0.717, 1.165) is 12.1 Å². The summed E-state index contributed by atoms with van der Waals surface area (Å²) in [6, 6.07) is 10.5. The van der Waals surface area contributed by atoms with Crippen LogP contribution in [0.3, 0.4) is 0 Å². The van der Waals surface area contributed by atoms with Crippen LogP contribution >= 0.6 is 0 Å². The summed E-state index contributed by atoms with van der Waals surface area (Å²) in [6.45, 7) is 1.63. The minimum absolute atomic E-state index is 0.0705. The normalized spacial score (nSPS) is 15.5. The van der Waals surface area contributed by atoms with E-state index in [0.29, 0.717) is 18.3 Å². The lowest BCUT2D eigenvalue weighted by Crippen LogP contribution is -2.39. The number of amides is 1. The summed E-state index contributed by atoms with van der Waals surface area (Å²) in [5.74, 6) is 0.472. The monoisotopic (exact) mass is 459 g/mol. The molecular formula is C24H33N3O4S. The Hall–Kier alpha value is -2.42. The molecular weight excluding hydrogens is 426 g/mol. The van der Waals surface area contributed by atoms with Crippen LogP contribution in [0.4, 0.5) is 0 Å². The van der Waals surface area contributed by atoms with E-state index in [1.165, 1.54) is 56.6 Å². The SMILES string of the molecule is CN(CCN(C)C1CCCCC1)C(=O)/C=C/c1ccc(S(=O)(=O)NCc2ccco2)cc1. The number of nitrogens with one attached hydrogen (secondary N) is 1. The van der Waals surface area contributed by atoms with Gasteiger partial charge in [-0.15, -0.1) is 0 Å². The predicted octanol–water partition coefficient (Wildman–Crippen LogP) is 3.49. The first kappa shape index (κ1) is 24.2. The number of carbonyl (C=O) groups excluding carboxylic acids is 1. The van der Waals surface area contributed by atoms with Crippen molar-refractivity contribution in [3.05, 3.63) is 60.1 Å². The maximum absolute atomic E-state index is 12.4. The number of nitrogens with zero attached hydrogens (tertiary/aromatic N) is 2. The van der Waals surface area contributed by atoms with Crippen LogP contribution in [0.2, 0.25) is 0 Å². The molecule has 3 rings (SSSR count). The van der Waals surface area contributed by atoms with Crippen LogP contribution in [0.15, 0.2) is 58.1 Å². The second kappa shape index (κ2) is 11.4. The average molecular weight is 460 g/mol. The van der Waals surface area contributed by atoms with Crippen molar-refractivity contribution in [3.8, 4) is 0 Å². The van der Waals surface area contributed by atoms with Gasteiger partial charge in [-0.25, -0.2) is 13.1 Å². The molecule has 1 heterocycles. The molecule has 0 radical (unpaired) electrons. The molecule has 174 valence electrons. The van der Waals surface area contributed by atoms with Crippen molar-refractivity contribution in [3.63, 3.8) is 0 Å². The molecule has 1 fully saturated rings. The molecule has 1 aliphatic rings. The fraction of sp³-hybridized carbons (Fsp3) is 0.458. The van der Waals surface area contributed by atoms with Gasteiger partial charge in [0.1, 0.15) is 5.76 Å². The highest BCUT2D eigenvalue weighted by atomic mass is 32.2. The van der Waals surface area contributed by atoms with Gasteiger partial charge in [0.25, 0.3) is 0 Å². The number of furan rings is 1. The molecule has 32 heavy (non-hydrogen) atoms. The van der Waals surface area contributed by atoms with Crippen LogP contribution in [0.1, 0.15) is 43.4 Å². The lowest BCUT2D eigenvalue weighted by molar-refractivity contribution is -0.124. The molecule has 0 unspecified atom stereocenters. The highest BCUT2D eigenvalue weighted by Crippen LogP contribution is 2.21. The van der Waals surface area contributed by atoms with Gasteiger partial charge in [0.15, 0.2) is 0 Å². The number of rotatable bonds is 10. The Balaban J connectivity index is 1.48. The van der Waals surface area contributed by atoms with Crippen LogP contribution in [0.25, 0.3) is 6.08 Å². The zero-order chi connectivity index (χ0) is 23.0. The molecule has 2 aromatic rings. The second-order valence-corrected chi connectivity index (χ2v) is 10.1. The molecule has 1 aromatic heterocycles. The van der Waals surface area contributed by atoms with Crippen LogP contribution in [0, 0.1) is 0 Å². The maximum Gasteiger partial charge on any atom is 0.246 e. The minimum atomic E-state index is -3.64. The molecule has 8 heteroatoms. The predicted molar refractivity (Wildman–Crippen MR) is 125 cm³/mol. The van der Waals surface area contributed by atoms with E-state index >= 15 is 0 Å². The van der Waals surface area contributed by atoms with Crippen molar-refractivity contribution < 1.29 is 17.6 Å². The summed E-state index contributed by atoms with van der Waals surface area (Å²) in [4.78, 5) is 16.7. The number of hydrogen-bond acceptors (Lipinski definition) is 5. The molecule has 0 spiro atoms. The Morgan fingerprint density at radius 1 is 1.09 bits per heavy atom. The Bertz CT molecular complexity index is 979. The van der Waals surface area contributed by atoms with Gasteiger partial charge in [0.05, 0.1) is 17.7 Å². The molecule has 7 nitrogen and oxygen atoms in total. The molecule has 1 aromatic carbocycles.